The lowest BCUT2D eigenvalue weighted by Gasteiger charge is -2.24. The van der Waals surface area contributed by atoms with E-state index in [9.17, 15) is 0 Å². The number of nitrogen functional groups attached to an aromatic ring is 1. The summed E-state index contributed by atoms with van der Waals surface area (Å²) in [5.41, 5.74) is 7.53. The summed E-state index contributed by atoms with van der Waals surface area (Å²) < 4.78 is 0.922. The molecule has 5 heteroatoms. The van der Waals surface area contributed by atoms with Crippen LogP contribution in [0.2, 0.25) is 0 Å². The average Bonchev–Trinajstić information content (AvgIpc) is 2.81. The molecule has 1 saturated heterocycles. The topological polar surface area (TPSA) is 54.2 Å². The van der Waals surface area contributed by atoms with Crippen molar-refractivity contribution in [2.45, 2.75) is 25.8 Å². The summed E-state index contributed by atoms with van der Waals surface area (Å²) in [5, 5.41) is 3.40. The zero-order chi connectivity index (χ0) is 12.3. The van der Waals surface area contributed by atoms with Crippen LogP contribution < -0.4 is 11.1 Å². The molecule has 1 unspecified atom stereocenters. The highest BCUT2D eigenvalue weighted by molar-refractivity contribution is 9.10. The van der Waals surface area contributed by atoms with Crippen LogP contribution in [-0.2, 0) is 0 Å². The number of halogens is 1. The van der Waals surface area contributed by atoms with Crippen LogP contribution in [0.25, 0.3) is 0 Å². The van der Waals surface area contributed by atoms with Crippen molar-refractivity contribution in [3.8, 4) is 0 Å². The summed E-state index contributed by atoms with van der Waals surface area (Å²) >= 11 is 3.46. The second kappa shape index (κ2) is 5.69. The Bertz CT molecular complexity index is 357. The number of pyridine rings is 1. The number of nitrogens with zero attached hydrogens (tertiary/aromatic N) is 2. The number of nitrogens with one attached hydrogen (secondary N) is 1. The van der Waals surface area contributed by atoms with E-state index in [1.807, 2.05) is 0 Å². The fourth-order valence-corrected chi connectivity index (χ4v) is 2.69. The molecule has 1 atom stereocenters. The molecular weight excluding hydrogens is 280 g/mol. The molecule has 1 aromatic rings. The summed E-state index contributed by atoms with van der Waals surface area (Å²) in [7, 11) is 0. The molecule has 0 radical (unpaired) electrons. The Morgan fingerprint density at radius 3 is 2.82 bits per heavy atom. The second-order valence-electron chi connectivity index (χ2n) is 4.56. The molecule has 0 bridgehead atoms. The van der Waals surface area contributed by atoms with Crippen molar-refractivity contribution in [3.05, 3.63) is 16.9 Å². The summed E-state index contributed by atoms with van der Waals surface area (Å²) in [5.74, 6) is 0. The predicted octanol–water partition coefficient (Wildman–Crippen LogP) is 2.32. The Morgan fingerprint density at radius 2 is 2.18 bits per heavy atom. The number of hydrogen-bond donors (Lipinski definition) is 2. The van der Waals surface area contributed by atoms with Crippen molar-refractivity contribution in [2.75, 3.05) is 30.7 Å². The smallest absolute Gasteiger partial charge is 0.0750 e. The van der Waals surface area contributed by atoms with Gasteiger partial charge >= 0.3 is 0 Å². The van der Waals surface area contributed by atoms with Gasteiger partial charge in [0.05, 0.1) is 22.0 Å². The van der Waals surface area contributed by atoms with E-state index in [-0.39, 0.29) is 0 Å². The lowest BCUT2D eigenvalue weighted by atomic mass is 10.2. The Balaban J connectivity index is 1.92. The van der Waals surface area contributed by atoms with E-state index < -0.39 is 0 Å². The third kappa shape index (κ3) is 3.10. The zero-order valence-electron chi connectivity index (χ0n) is 10.1. The third-order valence-electron chi connectivity index (χ3n) is 3.27. The van der Waals surface area contributed by atoms with Crippen molar-refractivity contribution in [1.29, 1.82) is 0 Å². The van der Waals surface area contributed by atoms with Crippen LogP contribution in [-0.4, -0.2) is 35.6 Å². The molecule has 17 heavy (non-hydrogen) atoms. The molecule has 1 fully saturated rings. The van der Waals surface area contributed by atoms with Crippen LogP contribution in [0.3, 0.4) is 0 Å². The van der Waals surface area contributed by atoms with E-state index >= 15 is 0 Å². The van der Waals surface area contributed by atoms with Crippen LogP contribution in [0, 0.1) is 0 Å². The average molecular weight is 299 g/mol. The minimum absolute atomic E-state index is 0.539. The molecule has 0 spiro atoms. The van der Waals surface area contributed by atoms with Crippen LogP contribution in [0.4, 0.5) is 11.4 Å². The SMILES string of the molecule is CC(CNc1c(N)cncc1Br)N1CCCC1. The van der Waals surface area contributed by atoms with Crippen molar-refractivity contribution in [2.24, 2.45) is 0 Å². The van der Waals surface area contributed by atoms with Gasteiger partial charge in [0.25, 0.3) is 0 Å². The first-order chi connectivity index (χ1) is 8.18. The standard InChI is InChI=1S/C12H19BrN4/c1-9(17-4-2-3-5-17)6-16-12-10(13)7-15-8-11(12)14/h7-9H,2-6,14H2,1H3,(H,15,16). The minimum Gasteiger partial charge on any atom is -0.396 e. The largest absolute Gasteiger partial charge is 0.396 e. The summed E-state index contributed by atoms with van der Waals surface area (Å²) in [6, 6.07) is 0.539. The molecule has 0 aliphatic carbocycles. The molecule has 1 aliphatic heterocycles. The number of likely N-dealkylation sites (tertiary alicyclic amines) is 1. The number of rotatable bonds is 4. The van der Waals surface area contributed by atoms with Crippen molar-refractivity contribution in [1.82, 2.24) is 9.88 Å². The summed E-state index contributed by atoms with van der Waals surface area (Å²) in [6.07, 6.45) is 6.09. The van der Waals surface area contributed by atoms with Crippen molar-refractivity contribution < 1.29 is 0 Å². The predicted molar refractivity (Wildman–Crippen MR) is 75.1 cm³/mol. The molecule has 1 aromatic heterocycles. The van der Waals surface area contributed by atoms with Gasteiger partial charge in [0.15, 0.2) is 0 Å². The maximum Gasteiger partial charge on any atom is 0.0750 e. The van der Waals surface area contributed by atoms with E-state index in [2.05, 4.69) is 38.1 Å². The van der Waals surface area contributed by atoms with E-state index in [4.69, 9.17) is 5.73 Å². The van der Waals surface area contributed by atoms with Gasteiger partial charge in [-0.2, -0.15) is 0 Å². The highest BCUT2D eigenvalue weighted by Crippen LogP contribution is 2.27. The second-order valence-corrected chi connectivity index (χ2v) is 5.41. The Labute approximate surface area is 111 Å². The maximum atomic E-state index is 5.89. The van der Waals surface area contributed by atoms with Gasteiger partial charge in [-0.15, -0.1) is 0 Å². The normalized spacial score (nSPS) is 18.2. The minimum atomic E-state index is 0.539. The number of anilines is 2. The number of hydrogen-bond acceptors (Lipinski definition) is 4. The Kier molecular flexibility index (Phi) is 4.23. The monoisotopic (exact) mass is 298 g/mol. The van der Waals surface area contributed by atoms with Gasteiger partial charge < -0.3 is 11.1 Å². The Hall–Kier alpha value is -0.810. The molecule has 0 aromatic carbocycles. The van der Waals surface area contributed by atoms with E-state index in [0.29, 0.717) is 11.7 Å². The van der Waals surface area contributed by atoms with Gasteiger partial charge in [0.2, 0.25) is 0 Å². The molecule has 2 rings (SSSR count). The summed E-state index contributed by atoms with van der Waals surface area (Å²) in [6.45, 7) is 5.60. The molecule has 0 amide bonds. The highest BCUT2D eigenvalue weighted by Gasteiger charge is 2.18. The molecule has 3 N–H and O–H groups in total. The highest BCUT2D eigenvalue weighted by atomic mass is 79.9. The fourth-order valence-electron chi connectivity index (χ4n) is 2.20. The molecule has 1 aliphatic rings. The number of aromatic nitrogens is 1. The van der Waals surface area contributed by atoms with E-state index in [0.717, 1.165) is 16.7 Å². The van der Waals surface area contributed by atoms with Gasteiger partial charge in [-0.1, -0.05) is 0 Å². The van der Waals surface area contributed by atoms with Crippen LogP contribution >= 0.6 is 15.9 Å². The first-order valence-corrected chi connectivity index (χ1v) is 6.84. The van der Waals surface area contributed by atoms with E-state index in [1.165, 1.54) is 25.9 Å². The third-order valence-corrected chi connectivity index (χ3v) is 3.87. The van der Waals surface area contributed by atoms with Gasteiger partial charge in [-0.25, -0.2) is 0 Å². The Morgan fingerprint density at radius 1 is 1.47 bits per heavy atom. The van der Waals surface area contributed by atoms with Crippen LogP contribution in [0.1, 0.15) is 19.8 Å². The molecule has 0 saturated carbocycles. The maximum absolute atomic E-state index is 5.89. The van der Waals surface area contributed by atoms with Crippen molar-refractivity contribution >= 4 is 27.3 Å². The zero-order valence-corrected chi connectivity index (χ0v) is 11.7. The first kappa shape index (κ1) is 12.6. The van der Waals surface area contributed by atoms with Gasteiger partial charge in [0.1, 0.15) is 0 Å². The quantitative estimate of drug-likeness (QED) is 0.896. The van der Waals surface area contributed by atoms with E-state index in [1.54, 1.807) is 12.4 Å². The van der Waals surface area contributed by atoms with Gasteiger partial charge in [-0.3, -0.25) is 9.88 Å². The van der Waals surface area contributed by atoms with Gasteiger partial charge in [-0.05, 0) is 48.8 Å². The fraction of sp³-hybridized carbons (Fsp3) is 0.583. The molecule has 2 heterocycles. The van der Waals surface area contributed by atoms with Crippen LogP contribution in [0.5, 0.6) is 0 Å². The van der Waals surface area contributed by atoms with Crippen LogP contribution in [0.15, 0.2) is 16.9 Å². The van der Waals surface area contributed by atoms with Gasteiger partial charge in [0, 0.05) is 18.8 Å². The summed E-state index contributed by atoms with van der Waals surface area (Å²) in [4.78, 5) is 6.54. The number of nitrogens with two attached hydrogens (primary N) is 1. The molecule has 4 nitrogen and oxygen atoms in total. The lowest BCUT2D eigenvalue weighted by Crippen LogP contribution is -2.35. The first-order valence-electron chi connectivity index (χ1n) is 6.05. The molecule has 94 valence electrons. The molecular formula is C12H19BrN4. The van der Waals surface area contributed by atoms with Crippen molar-refractivity contribution in [3.63, 3.8) is 0 Å². The lowest BCUT2D eigenvalue weighted by molar-refractivity contribution is 0.269.